The quantitative estimate of drug-likeness (QED) is 0.110. The predicted molar refractivity (Wildman–Crippen MR) is 189 cm³/mol. The molecule has 3 unspecified atom stereocenters. The number of carboxylic acid groups (broad SMARTS) is 1. The summed E-state index contributed by atoms with van der Waals surface area (Å²) >= 11 is 1.34. The molecule has 0 saturated carbocycles. The molecule has 2 amide bonds. The molecule has 14 nitrogen and oxygen atoms in total. The Morgan fingerprint density at radius 1 is 0.918 bits per heavy atom. The van der Waals surface area contributed by atoms with Gasteiger partial charge in [0.25, 0.3) is 5.91 Å². The Bertz CT molecular complexity index is 1590. The Labute approximate surface area is 291 Å². The van der Waals surface area contributed by atoms with Gasteiger partial charge in [-0.05, 0) is 73.1 Å². The van der Waals surface area contributed by atoms with E-state index in [0.29, 0.717) is 22.2 Å². The zero-order valence-corrected chi connectivity index (χ0v) is 31.5. The van der Waals surface area contributed by atoms with Gasteiger partial charge in [-0.2, -0.15) is 0 Å². The number of carboxylic acids is 1. The van der Waals surface area contributed by atoms with Crippen molar-refractivity contribution in [3.05, 3.63) is 35.9 Å². The minimum Gasteiger partial charge on any atom is -0.493 e. The van der Waals surface area contributed by atoms with Crippen molar-refractivity contribution in [2.24, 2.45) is 0 Å². The van der Waals surface area contributed by atoms with Crippen LogP contribution in [0, 0.1) is 0 Å². The number of thioether (sulfide) groups is 1. The molecule has 2 fully saturated rings. The predicted octanol–water partition coefficient (Wildman–Crippen LogP) is 6.14. The molecular formula is C32H47N3O11P2S. The lowest BCUT2D eigenvalue weighted by molar-refractivity contribution is -0.159. The molecule has 2 saturated heterocycles. The average molecular weight is 744 g/mol. The molecule has 2 heterocycles. The van der Waals surface area contributed by atoms with Crippen LogP contribution in [0.5, 0.6) is 5.75 Å². The number of nitrogens with zero attached hydrogens (tertiary/aromatic N) is 1. The number of amides is 2. The van der Waals surface area contributed by atoms with E-state index in [1.54, 1.807) is 72.7 Å². The van der Waals surface area contributed by atoms with E-state index in [4.69, 9.17) is 22.8 Å². The second-order valence-corrected chi connectivity index (χ2v) is 18.4. The van der Waals surface area contributed by atoms with Crippen molar-refractivity contribution in [2.45, 2.75) is 82.5 Å². The Balaban J connectivity index is 1.63. The number of benzene rings is 2. The van der Waals surface area contributed by atoms with Crippen LogP contribution in [0.3, 0.4) is 0 Å². The van der Waals surface area contributed by atoms with Crippen LogP contribution in [-0.4, -0.2) is 95.0 Å². The van der Waals surface area contributed by atoms with Crippen LogP contribution in [0.15, 0.2) is 30.3 Å². The van der Waals surface area contributed by atoms with Crippen LogP contribution >= 0.6 is 27.0 Å². The zero-order chi connectivity index (χ0) is 36.1. The molecule has 4 rings (SSSR count). The number of hydrogen-bond donors (Lipinski definition) is 3. The van der Waals surface area contributed by atoms with E-state index in [1.807, 2.05) is 6.07 Å². The zero-order valence-electron chi connectivity index (χ0n) is 28.9. The van der Waals surface area contributed by atoms with E-state index in [9.17, 15) is 28.6 Å². The lowest BCUT2D eigenvalue weighted by atomic mass is 9.95. The molecule has 2 aromatic carbocycles. The molecule has 17 heteroatoms. The SMILES string of the molecule is CCOc1ccc2c(NCCC(P(=O)(OCC)OCC)P(=O)(OCC)OCC)cccc2c1C(=O)NC1C(=O)N2C1SC(C)(C)C2C(=O)O. The minimum atomic E-state index is -3.94. The standard InChI is InChI=1S/C32H47N3O11P2S/c1-8-42-23-17-16-20-21(25(23)28(36)34-26-29(37)35-27(31(38)39)32(6,7)49-30(26)35)14-13-15-22(20)33-19-18-24(47(40,43-9-2)44-10-3)48(41,45-11-4)46-12-5/h13-17,24,26-27,30,33H,8-12,18-19H2,1-7H3,(H,34,36)(H,38,39). The summed E-state index contributed by atoms with van der Waals surface area (Å²) < 4.78 is 55.4. The Kier molecular flexibility index (Phi) is 12.9. The number of hydrogen-bond acceptors (Lipinski definition) is 12. The van der Waals surface area contributed by atoms with Crippen LogP contribution in [0.1, 0.15) is 65.2 Å². The first-order valence-electron chi connectivity index (χ1n) is 16.5. The largest absolute Gasteiger partial charge is 0.493 e. The first-order chi connectivity index (χ1) is 23.2. The molecule has 3 N–H and O–H groups in total. The number of β-lactam (4-membered cyclic amide) rings is 1. The summed E-state index contributed by atoms with van der Waals surface area (Å²) in [4.78, 5) is 40.3. The van der Waals surface area contributed by atoms with Crippen molar-refractivity contribution in [3.63, 3.8) is 0 Å². The number of carbonyl (C=O) groups excluding carboxylic acids is 2. The number of ether oxygens (including phenoxy) is 1. The van der Waals surface area contributed by atoms with Gasteiger partial charge in [0.1, 0.15) is 23.2 Å². The Morgan fingerprint density at radius 3 is 2.04 bits per heavy atom. The molecule has 2 aromatic rings. The van der Waals surface area contributed by atoms with Gasteiger partial charge in [-0.1, -0.05) is 12.1 Å². The second-order valence-electron chi connectivity index (χ2n) is 11.8. The number of aliphatic carboxylic acids is 1. The summed E-state index contributed by atoms with van der Waals surface area (Å²) in [5.74, 6) is -1.76. The molecule has 0 bridgehead atoms. The van der Waals surface area contributed by atoms with Crippen molar-refractivity contribution < 1.29 is 51.5 Å². The summed E-state index contributed by atoms with van der Waals surface area (Å²) in [6.07, 6.45) is 0.0440. The highest BCUT2D eigenvalue weighted by Gasteiger charge is 2.64. The van der Waals surface area contributed by atoms with Gasteiger partial charge in [0.05, 0.1) is 38.6 Å². The lowest BCUT2D eigenvalue weighted by Gasteiger charge is -2.43. The van der Waals surface area contributed by atoms with Gasteiger partial charge in [-0.3, -0.25) is 18.7 Å². The Hall–Kier alpha value is -2.64. The highest BCUT2D eigenvalue weighted by Crippen LogP contribution is 2.71. The van der Waals surface area contributed by atoms with Gasteiger partial charge in [0.2, 0.25) is 5.91 Å². The number of nitrogens with one attached hydrogen (secondary N) is 2. The van der Waals surface area contributed by atoms with E-state index in [2.05, 4.69) is 10.6 Å². The number of rotatable bonds is 19. The molecule has 2 aliphatic rings. The van der Waals surface area contributed by atoms with Crippen LogP contribution < -0.4 is 15.4 Å². The van der Waals surface area contributed by atoms with E-state index >= 15 is 0 Å². The van der Waals surface area contributed by atoms with E-state index in [-0.39, 0.29) is 51.6 Å². The first kappa shape index (κ1) is 39.2. The smallest absolute Gasteiger partial charge is 0.345 e. The van der Waals surface area contributed by atoms with E-state index in [0.717, 1.165) is 0 Å². The van der Waals surface area contributed by atoms with Crippen LogP contribution in [0.2, 0.25) is 0 Å². The molecule has 3 atom stereocenters. The van der Waals surface area contributed by atoms with Crippen LogP contribution in [0.25, 0.3) is 10.8 Å². The molecule has 0 aromatic heterocycles. The molecule has 2 aliphatic heterocycles. The summed E-state index contributed by atoms with van der Waals surface area (Å²) in [7, 11) is -7.89. The summed E-state index contributed by atoms with van der Waals surface area (Å²) in [5.41, 5.74) is 0.848. The third-order valence-electron chi connectivity index (χ3n) is 8.20. The van der Waals surface area contributed by atoms with Crippen LogP contribution in [0.4, 0.5) is 5.69 Å². The molecule has 0 spiro atoms. The highest BCUT2D eigenvalue weighted by molar-refractivity contribution is 8.01. The monoisotopic (exact) mass is 743 g/mol. The second kappa shape index (κ2) is 16.1. The van der Waals surface area contributed by atoms with E-state index in [1.165, 1.54) is 16.7 Å². The number of fused-ring (bicyclic) bond motifs is 2. The van der Waals surface area contributed by atoms with Gasteiger partial charge < -0.3 is 43.5 Å². The van der Waals surface area contributed by atoms with Gasteiger partial charge in [-0.15, -0.1) is 11.8 Å². The molecule has 272 valence electrons. The van der Waals surface area contributed by atoms with Crippen molar-refractivity contribution >= 4 is 61.2 Å². The van der Waals surface area contributed by atoms with Crippen molar-refractivity contribution in [1.82, 2.24) is 10.2 Å². The van der Waals surface area contributed by atoms with Crippen LogP contribution in [-0.2, 0) is 36.8 Å². The number of carbonyl (C=O) groups is 3. The van der Waals surface area contributed by atoms with Gasteiger partial charge >= 0.3 is 21.2 Å². The first-order valence-corrected chi connectivity index (χ1v) is 20.6. The van der Waals surface area contributed by atoms with Gasteiger partial charge in [0, 0.05) is 27.8 Å². The molecule has 0 aliphatic carbocycles. The van der Waals surface area contributed by atoms with Crippen molar-refractivity contribution in [2.75, 3.05) is 44.9 Å². The molecular weight excluding hydrogens is 696 g/mol. The van der Waals surface area contributed by atoms with Gasteiger partial charge in [0.15, 0.2) is 5.40 Å². The lowest BCUT2D eigenvalue weighted by Crippen LogP contribution is -2.70. The molecule has 0 radical (unpaired) electrons. The fourth-order valence-corrected chi connectivity index (χ4v) is 13.3. The normalized spacial score (nSPS) is 20.3. The number of anilines is 1. The topological polar surface area (TPSA) is 179 Å². The summed E-state index contributed by atoms with van der Waals surface area (Å²) in [5, 5.41) is 15.4. The fraction of sp³-hybridized carbons (Fsp3) is 0.594. The third kappa shape index (κ3) is 7.83. The maximum Gasteiger partial charge on any atom is 0.345 e. The maximum absolute atomic E-state index is 14.0. The van der Waals surface area contributed by atoms with Crippen molar-refractivity contribution in [1.29, 1.82) is 0 Å². The molecule has 49 heavy (non-hydrogen) atoms. The summed E-state index contributed by atoms with van der Waals surface area (Å²) in [6.45, 7) is 12.7. The Morgan fingerprint density at radius 2 is 1.51 bits per heavy atom. The third-order valence-corrected chi connectivity index (χ3v) is 15.9. The minimum absolute atomic E-state index is 0.0440. The highest BCUT2D eigenvalue weighted by atomic mass is 32.2. The maximum atomic E-state index is 14.0. The van der Waals surface area contributed by atoms with E-state index < -0.39 is 60.6 Å². The average Bonchev–Trinajstić information content (AvgIpc) is 3.29. The summed E-state index contributed by atoms with van der Waals surface area (Å²) in [6, 6.07) is 6.91. The van der Waals surface area contributed by atoms with Crippen molar-refractivity contribution in [3.8, 4) is 5.75 Å². The fourth-order valence-electron chi connectivity index (χ4n) is 6.32. The van der Waals surface area contributed by atoms with Gasteiger partial charge in [-0.25, -0.2) is 4.79 Å².